The first-order valence-corrected chi connectivity index (χ1v) is 14.9. The molecule has 1 N–H and O–H groups in total. The van der Waals surface area contributed by atoms with Gasteiger partial charge in [0.1, 0.15) is 21.0 Å². The fourth-order valence-electron chi connectivity index (χ4n) is 5.23. The molecule has 3 heterocycles. The number of methoxy groups -OCH3 is 2. The number of thiophene rings is 1. The average Bonchev–Trinajstić information content (AvgIpc) is 3.46. The first kappa shape index (κ1) is 30.6. The molecular formula is C31H28Cl2N2O7S. The van der Waals surface area contributed by atoms with Crippen LogP contribution in [0.5, 0.6) is 11.5 Å². The van der Waals surface area contributed by atoms with Crippen LogP contribution in [-0.4, -0.2) is 42.8 Å². The second-order valence-corrected chi connectivity index (χ2v) is 11.9. The number of aliphatic carboxylic acids is 1. The Kier molecular flexibility index (Phi) is 9.41. The lowest BCUT2D eigenvalue weighted by molar-refractivity contribution is -0.904. The van der Waals surface area contributed by atoms with E-state index < -0.39 is 24.1 Å². The van der Waals surface area contributed by atoms with E-state index in [0.717, 1.165) is 20.7 Å². The summed E-state index contributed by atoms with van der Waals surface area (Å²) in [6, 6.07) is 15.2. The number of pyridine rings is 1. The second-order valence-electron chi connectivity index (χ2n) is 9.93. The van der Waals surface area contributed by atoms with Gasteiger partial charge in [0.15, 0.2) is 11.5 Å². The molecule has 43 heavy (non-hydrogen) atoms. The van der Waals surface area contributed by atoms with Crippen LogP contribution in [0.3, 0.4) is 0 Å². The molecule has 2 aromatic carbocycles. The van der Waals surface area contributed by atoms with Crippen LogP contribution in [0, 0.1) is 0 Å². The number of halogens is 2. The highest BCUT2D eigenvalue weighted by Gasteiger charge is 2.29. The van der Waals surface area contributed by atoms with Crippen molar-refractivity contribution in [2.75, 3.05) is 20.8 Å². The number of aromatic nitrogens is 1. The molecule has 5 rings (SSSR count). The first-order chi connectivity index (χ1) is 20.7. The summed E-state index contributed by atoms with van der Waals surface area (Å²) in [7, 11) is 3.03. The number of ether oxygens (including phenoxy) is 3. The fraction of sp³-hybridized carbons (Fsp3) is 0.258. The minimum atomic E-state index is -1.16. The molecule has 1 unspecified atom stereocenters. The van der Waals surface area contributed by atoms with Crippen molar-refractivity contribution in [2.24, 2.45) is 0 Å². The Labute approximate surface area is 262 Å². The van der Waals surface area contributed by atoms with Gasteiger partial charge in [-0.25, -0.2) is 4.79 Å². The molecule has 0 amide bonds. The number of esters is 1. The van der Waals surface area contributed by atoms with Gasteiger partial charge in [-0.1, -0.05) is 53.5 Å². The van der Waals surface area contributed by atoms with Crippen molar-refractivity contribution >= 4 is 46.5 Å². The Hall–Kier alpha value is -3.83. The predicted octanol–water partition coefficient (Wildman–Crippen LogP) is 4.59. The van der Waals surface area contributed by atoms with Crippen molar-refractivity contribution in [1.82, 2.24) is 4.90 Å². The van der Waals surface area contributed by atoms with Crippen LogP contribution in [0.4, 0.5) is 0 Å². The lowest BCUT2D eigenvalue weighted by Gasteiger charge is -2.37. The summed E-state index contributed by atoms with van der Waals surface area (Å²) < 4.78 is 17.6. The number of nitrogens with zero attached hydrogens (tertiary/aromatic N) is 2. The summed E-state index contributed by atoms with van der Waals surface area (Å²) in [5.41, 5.74) is 2.82. The van der Waals surface area contributed by atoms with Gasteiger partial charge in [0.2, 0.25) is 12.4 Å². The summed E-state index contributed by atoms with van der Waals surface area (Å²) >= 11 is 14.0. The SMILES string of the molecule is COc1ccc([C@H](Cc2c(Cl)c[n+](O)cc2Cl)OC(=O)c2ccc(CN3CCc4ccccc4C3C(=O)[O-])s2)cc1OC. The van der Waals surface area contributed by atoms with E-state index in [4.69, 9.17) is 37.4 Å². The summed E-state index contributed by atoms with van der Waals surface area (Å²) in [5.74, 6) is -0.780. The Bertz CT molecular complexity index is 1640. The van der Waals surface area contributed by atoms with E-state index >= 15 is 0 Å². The van der Waals surface area contributed by atoms with E-state index in [9.17, 15) is 19.9 Å². The van der Waals surface area contributed by atoms with Gasteiger partial charge < -0.3 is 24.1 Å². The van der Waals surface area contributed by atoms with Crippen LogP contribution >= 0.6 is 34.5 Å². The number of carboxylic acid groups (broad SMARTS) is 1. The topological polar surface area (TPSA) is 112 Å². The number of fused-ring (bicyclic) bond motifs is 1. The minimum Gasteiger partial charge on any atom is -0.548 e. The van der Waals surface area contributed by atoms with Gasteiger partial charge in [0.25, 0.3) is 0 Å². The Balaban J connectivity index is 1.39. The lowest BCUT2D eigenvalue weighted by atomic mass is 9.92. The smallest absolute Gasteiger partial charge is 0.348 e. The largest absolute Gasteiger partial charge is 0.548 e. The molecule has 0 aliphatic carbocycles. The molecule has 0 radical (unpaired) electrons. The van der Waals surface area contributed by atoms with Gasteiger partial charge in [0, 0.05) is 34.7 Å². The zero-order chi connectivity index (χ0) is 30.7. The third-order valence-electron chi connectivity index (χ3n) is 7.31. The molecule has 4 aromatic rings. The van der Waals surface area contributed by atoms with Crippen molar-refractivity contribution in [2.45, 2.75) is 31.5 Å². The standard InChI is InChI=1S/C31H28Cl2N2O7S/c1-40-25-9-7-19(13-27(25)41-2)26(14-22-23(32)16-35(39)17-24(22)33)42-31(38)28-10-8-20(43-28)15-34-12-11-18-5-3-4-6-21(18)29(34)30(36)37/h3-10,13,16-17,26,29H,11-12,14-15H2,1-2H3,(H-,36,37,39)/t26-,29?/m0/s1. The summed E-state index contributed by atoms with van der Waals surface area (Å²) in [5, 5.41) is 22.3. The van der Waals surface area contributed by atoms with Gasteiger partial charge >= 0.3 is 5.97 Å². The quantitative estimate of drug-likeness (QED) is 0.152. The number of carboxylic acids is 1. The highest BCUT2D eigenvalue weighted by atomic mass is 35.5. The molecule has 0 fully saturated rings. The normalized spacial score (nSPS) is 15.4. The molecule has 12 heteroatoms. The van der Waals surface area contributed by atoms with Crippen LogP contribution in [0.25, 0.3) is 0 Å². The van der Waals surface area contributed by atoms with Gasteiger partial charge in [0.05, 0.1) is 26.2 Å². The number of carbonyl (C=O) groups is 2. The summed E-state index contributed by atoms with van der Waals surface area (Å²) in [6.45, 7) is 0.877. The second kappa shape index (κ2) is 13.2. The van der Waals surface area contributed by atoms with Crippen molar-refractivity contribution in [3.05, 3.63) is 109 Å². The maximum absolute atomic E-state index is 13.5. The zero-order valence-corrected chi connectivity index (χ0v) is 25.6. The monoisotopic (exact) mass is 642 g/mol. The van der Waals surface area contributed by atoms with Crippen LogP contribution < -0.4 is 19.3 Å². The van der Waals surface area contributed by atoms with E-state index in [1.54, 1.807) is 30.3 Å². The third-order valence-corrected chi connectivity index (χ3v) is 9.02. The molecule has 1 aliphatic rings. The van der Waals surface area contributed by atoms with Crippen LogP contribution in [0.1, 0.15) is 48.9 Å². The maximum Gasteiger partial charge on any atom is 0.348 e. The molecule has 0 saturated carbocycles. The molecular weight excluding hydrogens is 615 g/mol. The third kappa shape index (κ3) is 6.73. The highest BCUT2D eigenvalue weighted by Crippen LogP contribution is 2.36. The summed E-state index contributed by atoms with van der Waals surface area (Å²) in [6.07, 6.45) is 2.58. The van der Waals surface area contributed by atoms with E-state index in [1.165, 1.54) is 38.0 Å². The van der Waals surface area contributed by atoms with E-state index in [2.05, 4.69) is 0 Å². The number of hydrogen-bond acceptors (Lipinski definition) is 9. The van der Waals surface area contributed by atoms with E-state index in [1.807, 2.05) is 29.2 Å². The molecule has 0 spiro atoms. The van der Waals surface area contributed by atoms with Crippen molar-refractivity contribution in [3.8, 4) is 11.5 Å². The molecule has 2 aromatic heterocycles. The average molecular weight is 644 g/mol. The Morgan fingerprint density at radius 1 is 1.07 bits per heavy atom. The fourth-order valence-corrected chi connectivity index (χ4v) is 6.75. The number of hydrogen-bond donors (Lipinski definition) is 1. The predicted molar refractivity (Wildman–Crippen MR) is 158 cm³/mol. The molecule has 224 valence electrons. The first-order valence-electron chi connectivity index (χ1n) is 13.3. The molecule has 9 nitrogen and oxygen atoms in total. The van der Waals surface area contributed by atoms with E-state index in [0.29, 0.717) is 47.0 Å². The van der Waals surface area contributed by atoms with Crippen molar-refractivity contribution < 1.29 is 38.8 Å². The van der Waals surface area contributed by atoms with Crippen LogP contribution in [-0.2, 0) is 28.9 Å². The van der Waals surface area contributed by atoms with Gasteiger partial charge in [-0.05, 0) is 47.4 Å². The van der Waals surface area contributed by atoms with Gasteiger partial charge in [-0.15, -0.1) is 11.3 Å². The summed E-state index contributed by atoms with van der Waals surface area (Å²) in [4.78, 5) is 28.6. The van der Waals surface area contributed by atoms with E-state index in [-0.39, 0.29) is 16.5 Å². The van der Waals surface area contributed by atoms with Gasteiger partial charge in [-0.2, -0.15) is 0 Å². The lowest BCUT2D eigenvalue weighted by Crippen LogP contribution is -2.44. The van der Waals surface area contributed by atoms with Crippen molar-refractivity contribution in [3.63, 3.8) is 0 Å². The molecule has 1 aliphatic heterocycles. The minimum absolute atomic E-state index is 0.110. The number of carbonyl (C=O) groups excluding carboxylic acids is 2. The highest BCUT2D eigenvalue weighted by molar-refractivity contribution is 7.13. The number of rotatable bonds is 10. The molecule has 2 atom stereocenters. The van der Waals surface area contributed by atoms with Crippen LogP contribution in [0.2, 0.25) is 10.0 Å². The zero-order valence-electron chi connectivity index (χ0n) is 23.3. The molecule has 0 bridgehead atoms. The van der Waals surface area contributed by atoms with Crippen LogP contribution in [0.15, 0.2) is 67.0 Å². The number of benzene rings is 2. The van der Waals surface area contributed by atoms with Gasteiger partial charge in [-0.3, -0.25) is 10.1 Å². The Morgan fingerprint density at radius 3 is 2.49 bits per heavy atom. The van der Waals surface area contributed by atoms with Crippen molar-refractivity contribution in [1.29, 1.82) is 0 Å². The molecule has 0 saturated heterocycles. The maximum atomic E-state index is 13.5. The Morgan fingerprint density at radius 2 is 1.79 bits per heavy atom.